The van der Waals surface area contributed by atoms with Crippen molar-refractivity contribution in [2.45, 2.75) is 0 Å². The van der Waals surface area contributed by atoms with Gasteiger partial charge in [0, 0.05) is 42.8 Å². The molecular formula is C22H20N6O3. The van der Waals surface area contributed by atoms with Gasteiger partial charge in [0.1, 0.15) is 28.6 Å². The molecule has 31 heavy (non-hydrogen) atoms. The van der Waals surface area contributed by atoms with Crippen LogP contribution >= 0.6 is 0 Å². The lowest BCUT2D eigenvalue weighted by atomic mass is 10.1. The van der Waals surface area contributed by atoms with Crippen molar-refractivity contribution in [3.8, 4) is 45.4 Å². The molecule has 0 amide bonds. The van der Waals surface area contributed by atoms with E-state index in [1.54, 1.807) is 64.3 Å². The number of benzene rings is 1. The van der Waals surface area contributed by atoms with Crippen molar-refractivity contribution in [2.75, 3.05) is 20.0 Å². The van der Waals surface area contributed by atoms with Crippen molar-refractivity contribution in [3.05, 3.63) is 65.5 Å². The molecule has 1 aromatic carbocycles. The van der Waals surface area contributed by atoms with Crippen LogP contribution < -0.4 is 20.8 Å². The van der Waals surface area contributed by atoms with Crippen LogP contribution in [0.4, 0.5) is 5.82 Å². The molecule has 0 radical (unpaired) electrons. The summed E-state index contributed by atoms with van der Waals surface area (Å²) in [7, 11) is 4.73. The Kier molecular flexibility index (Phi) is 5.31. The van der Waals surface area contributed by atoms with Crippen molar-refractivity contribution >= 4 is 5.82 Å². The summed E-state index contributed by atoms with van der Waals surface area (Å²) in [6.07, 6.45) is 6.52. The van der Waals surface area contributed by atoms with Gasteiger partial charge in [0.15, 0.2) is 5.82 Å². The predicted molar refractivity (Wildman–Crippen MR) is 117 cm³/mol. The summed E-state index contributed by atoms with van der Waals surface area (Å²) in [4.78, 5) is 30.5. The Bertz CT molecular complexity index is 1280. The average molecular weight is 416 g/mol. The zero-order chi connectivity index (χ0) is 22.0. The van der Waals surface area contributed by atoms with E-state index in [-0.39, 0.29) is 17.1 Å². The number of hydrogen-bond acceptors (Lipinski definition) is 8. The Balaban J connectivity index is 1.89. The molecule has 4 aromatic rings. The van der Waals surface area contributed by atoms with Gasteiger partial charge in [-0.05, 0) is 24.3 Å². The zero-order valence-corrected chi connectivity index (χ0v) is 17.2. The van der Waals surface area contributed by atoms with Crippen molar-refractivity contribution < 1.29 is 9.47 Å². The van der Waals surface area contributed by atoms with Crippen LogP contribution in [0.15, 0.2) is 59.9 Å². The normalized spacial score (nSPS) is 10.7. The van der Waals surface area contributed by atoms with Gasteiger partial charge < -0.3 is 19.8 Å². The van der Waals surface area contributed by atoms with Gasteiger partial charge in [-0.15, -0.1) is 0 Å². The Labute approximate surface area is 178 Å². The van der Waals surface area contributed by atoms with Crippen LogP contribution in [0.5, 0.6) is 11.5 Å². The average Bonchev–Trinajstić information content (AvgIpc) is 2.81. The largest absolute Gasteiger partial charge is 0.497 e. The molecule has 2 N–H and O–H groups in total. The number of rotatable bonds is 5. The number of ether oxygens (including phenoxy) is 2. The standard InChI is InChI=1S/C22H20N6O3/c1-28-12-18(20-21(23)25-11-17(26-20)13-5-4-6-24-10-13)27-19(22(28)29)14-7-15(30-2)9-16(8-14)31-3/h4-12H,1-3H3,(H2,23,25). The monoisotopic (exact) mass is 416 g/mol. The number of hydrogen-bond donors (Lipinski definition) is 1. The minimum atomic E-state index is -0.283. The van der Waals surface area contributed by atoms with Crippen LogP contribution in [0, 0.1) is 0 Å². The van der Waals surface area contributed by atoms with Crippen LogP contribution in [-0.2, 0) is 7.05 Å². The topological polar surface area (TPSA) is 118 Å². The molecule has 4 rings (SSSR count). The number of nitrogens with zero attached hydrogens (tertiary/aromatic N) is 5. The van der Waals surface area contributed by atoms with E-state index in [0.717, 1.165) is 5.56 Å². The highest BCUT2D eigenvalue weighted by atomic mass is 16.5. The van der Waals surface area contributed by atoms with Crippen molar-refractivity contribution in [3.63, 3.8) is 0 Å². The van der Waals surface area contributed by atoms with E-state index >= 15 is 0 Å². The number of aromatic nitrogens is 5. The summed E-state index contributed by atoms with van der Waals surface area (Å²) in [6, 6.07) is 8.85. The number of aryl methyl sites for hydroxylation is 1. The molecular weight excluding hydrogens is 396 g/mol. The lowest BCUT2D eigenvalue weighted by Crippen LogP contribution is -2.20. The van der Waals surface area contributed by atoms with Gasteiger partial charge in [-0.1, -0.05) is 0 Å². The molecule has 0 aliphatic heterocycles. The zero-order valence-electron chi connectivity index (χ0n) is 17.2. The smallest absolute Gasteiger partial charge is 0.276 e. The first-order valence-electron chi connectivity index (χ1n) is 9.34. The maximum atomic E-state index is 12.9. The molecule has 0 saturated carbocycles. The van der Waals surface area contributed by atoms with E-state index in [0.29, 0.717) is 34.1 Å². The van der Waals surface area contributed by atoms with E-state index in [1.165, 1.54) is 4.57 Å². The molecule has 0 unspecified atom stereocenters. The van der Waals surface area contributed by atoms with Crippen LogP contribution in [0.25, 0.3) is 33.9 Å². The highest BCUT2D eigenvalue weighted by Crippen LogP contribution is 2.29. The quantitative estimate of drug-likeness (QED) is 0.527. The van der Waals surface area contributed by atoms with Crippen LogP contribution in [-0.4, -0.2) is 38.7 Å². The number of pyridine rings is 1. The maximum Gasteiger partial charge on any atom is 0.276 e. The first kappa shape index (κ1) is 20.0. The molecule has 0 bridgehead atoms. The fourth-order valence-electron chi connectivity index (χ4n) is 3.09. The first-order valence-corrected chi connectivity index (χ1v) is 9.34. The SMILES string of the molecule is COc1cc(OC)cc(-c2nc(-c3nc(-c4cccnc4)cnc3N)cn(C)c2=O)c1. The highest BCUT2D eigenvalue weighted by molar-refractivity contribution is 5.72. The summed E-state index contributed by atoms with van der Waals surface area (Å²) < 4.78 is 12.1. The van der Waals surface area contributed by atoms with Crippen LogP contribution in [0.3, 0.4) is 0 Å². The summed E-state index contributed by atoms with van der Waals surface area (Å²) >= 11 is 0. The van der Waals surface area contributed by atoms with Crippen molar-refractivity contribution in [2.24, 2.45) is 7.05 Å². The lowest BCUT2D eigenvalue weighted by molar-refractivity contribution is 0.394. The number of methoxy groups -OCH3 is 2. The fraction of sp³-hybridized carbons (Fsp3) is 0.136. The van der Waals surface area contributed by atoms with Gasteiger partial charge in [-0.25, -0.2) is 15.0 Å². The van der Waals surface area contributed by atoms with Gasteiger partial charge >= 0.3 is 0 Å². The molecule has 156 valence electrons. The highest BCUT2D eigenvalue weighted by Gasteiger charge is 2.17. The minimum Gasteiger partial charge on any atom is -0.497 e. The Morgan fingerprint density at radius 1 is 0.935 bits per heavy atom. The number of nitrogen functional groups attached to an aromatic ring is 1. The second kappa shape index (κ2) is 8.23. The Morgan fingerprint density at radius 2 is 1.65 bits per heavy atom. The third kappa shape index (κ3) is 3.93. The van der Waals surface area contributed by atoms with Gasteiger partial charge in [0.2, 0.25) is 0 Å². The molecule has 0 saturated heterocycles. The molecule has 0 atom stereocenters. The molecule has 3 heterocycles. The van der Waals surface area contributed by atoms with Gasteiger partial charge in [-0.3, -0.25) is 9.78 Å². The Morgan fingerprint density at radius 3 is 2.29 bits per heavy atom. The summed E-state index contributed by atoms with van der Waals surface area (Å²) in [6.45, 7) is 0. The molecule has 9 nitrogen and oxygen atoms in total. The van der Waals surface area contributed by atoms with E-state index in [4.69, 9.17) is 15.2 Å². The maximum absolute atomic E-state index is 12.9. The van der Waals surface area contributed by atoms with Crippen LogP contribution in [0.2, 0.25) is 0 Å². The lowest BCUT2D eigenvalue weighted by Gasteiger charge is -2.12. The minimum absolute atomic E-state index is 0.202. The molecule has 9 heteroatoms. The molecule has 0 fully saturated rings. The fourth-order valence-corrected chi connectivity index (χ4v) is 3.09. The van der Waals surface area contributed by atoms with E-state index in [1.807, 2.05) is 12.1 Å². The summed E-state index contributed by atoms with van der Waals surface area (Å²) in [5.74, 6) is 1.29. The third-order valence-corrected chi connectivity index (χ3v) is 4.70. The van der Waals surface area contributed by atoms with Crippen molar-refractivity contribution in [1.29, 1.82) is 0 Å². The molecule has 0 aliphatic rings. The second-order valence-corrected chi connectivity index (χ2v) is 6.72. The van der Waals surface area contributed by atoms with Crippen LogP contribution in [0.1, 0.15) is 0 Å². The molecule has 0 aliphatic carbocycles. The van der Waals surface area contributed by atoms with E-state index < -0.39 is 0 Å². The van der Waals surface area contributed by atoms with Gasteiger partial charge in [0.25, 0.3) is 5.56 Å². The third-order valence-electron chi connectivity index (χ3n) is 4.70. The number of anilines is 1. The molecule has 3 aromatic heterocycles. The number of nitrogens with two attached hydrogens (primary N) is 1. The van der Waals surface area contributed by atoms with E-state index in [9.17, 15) is 4.79 Å². The van der Waals surface area contributed by atoms with Gasteiger partial charge in [-0.2, -0.15) is 0 Å². The van der Waals surface area contributed by atoms with Gasteiger partial charge in [0.05, 0.1) is 26.1 Å². The molecule has 0 spiro atoms. The second-order valence-electron chi connectivity index (χ2n) is 6.72. The summed E-state index contributed by atoms with van der Waals surface area (Å²) in [5, 5.41) is 0. The Hall–Kier alpha value is -4.27. The van der Waals surface area contributed by atoms with E-state index in [2.05, 4.69) is 19.9 Å². The first-order chi connectivity index (χ1) is 15.0. The summed E-state index contributed by atoms with van der Waals surface area (Å²) in [5.41, 5.74) is 8.76. The van der Waals surface area contributed by atoms with Crippen molar-refractivity contribution in [1.82, 2.24) is 24.5 Å². The predicted octanol–water partition coefficient (Wildman–Crippen LogP) is 2.57.